The molecule has 1 aromatic carbocycles. The zero-order valence-corrected chi connectivity index (χ0v) is 19.8. The number of benzene rings is 1. The standard InChI is InChI=1S/C23H24Cl2N6O3/c24-17-2-1-3-18(25)19(17)20-16(21(34-30-20)13-4-5-13)12-33-15-6-8-31(9-7-15)14-10-27-23(28-11-14)22(26)29-32/h1-3,10-11,13,15,32H,4-9,12H2,(H2,26,29). The van der Waals surface area contributed by atoms with Gasteiger partial charge >= 0.3 is 0 Å². The predicted molar refractivity (Wildman–Crippen MR) is 129 cm³/mol. The maximum absolute atomic E-state index is 8.75. The summed E-state index contributed by atoms with van der Waals surface area (Å²) in [5.41, 5.74) is 8.71. The van der Waals surface area contributed by atoms with Crippen molar-refractivity contribution in [3.8, 4) is 11.3 Å². The van der Waals surface area contributed by atoms with E-state index < -0.39 is 0 Å². The fourth-order valence-corrected chi connectivity index (χ4v) is 4.77. The van der Waals surface area contributed by atoms with Crippen molar-refractivity contribution < 1.29 is 14.5 Å². The van der Waals surface area contributed by atoms with Crippen molar-refractivity contribution in [1.29, 1.82) is 0 Å². The maximum Gasteiger partial charge on any atom is 0.207 e. The molecule has 2 fully saturated rings. The molecule has 3 aromatic rings. The lowest BCUT2D eigenvalue weighted by Gasteiger charge is -2.33. The first kappa shape index (κ1) is 22.9. The molecule has 1 saturated carbocycles. The largest absolute Gasteiger partial charge is 0.409 e. The molecule has 2 aliphatic rings. The van der Waals surface area contributed by atoms with Crippen molar-refractivity contribution in [3.63, 3.8) is 0 Å². The summed E-state index contributed by atoms with van der Waals surface area (Å²) in [4.78, 5) is 10.5. The molecule has 1 saturated heterocycles. The van der Waals surface area contributed by atoms with E-state index in [1.165, 1.54) is 0 Å². The fraction of sp³-hybridized carbons (Fsp3) is 0.391. The van der Waals surface area contributed by atoms with Gasteiger partial charge in [0.1, 0.15) is 11.5 Å². The van der Waals surface area contributed by atoms with Crippen molar-refractivity contribution in [3.05, 3.63) is 57.8 Å². The molecule has 178 valence electrons. The van der Waals surface area contributed by atoms with Gasteiger partial charge in [-0.25, -0.2) is 9.97 Å². The summed E-state index contributed by atoms with van der Waals surface area (Å²) in [6.45, 7) is 2.01. The molecule has 0 unspecified atom stereocenters. The number of piperidine rings is 1. The van der Waals surface area contributed by atoms with Gasteiger partial charge in [0.25, 0.3) is 0 Å². The Morgan fingerprint density at radius 1 is 1.15 bits per heavy atom. The zero-order chi connectivity index (χ0) is 23.7. The molecule has 9 nitrogen and oxygen atoms in total. The molecular formula is C23H24Cl2N6O3. The van der Waals surface area contributed by atoms with E-state index in [1.807, 2.05) is 6.07 Å². The Hall–Kier alpha value is -2.88. The molecule has 34 heavy (non-hydrogen) atoms. The summed E-state index contributed by atoms with van der Waals surface area (Å²) in [6, 6.07) is 5.42. The van der Waals surface area contributed by atoms with Crippen LogP contribution in [0.3, 0.4) is 0 Å². The lowest BCUT2D eigenvalue weighted by molar-refractivity contribution is 0.0246. The summed E-state index contributed by atoms with van der Waals surface area (Å²) in [5.74, 6) is 1.34. The number of hydrogen-bond donors (Lipinski definition) is 2. The second kappa shape index (κ2) is 9.77. The number of nitrogens with two attached hydrogens (primary N) is 1. The second-order valence-corrected chi connectivity index (χ2v) is 9.31. The van der Waals surface area contributed by atoms with Crippen LogP contribution in [0.2, 0.25) is 10.0 Å². The lowest BCUT2D eigenvalue weighted by atomic mass is 10.0. The van der Waals surface area contributed by atoms with Crippen LogP contribution < -0.4 is 10.6 Å². The Morgan fingerprint density at radius 2 is 1.82 bits per heavy atom. The molecule has 1 aliphatic carbocycles. The number of aromatic nitrogens is 3. The predicted octanol–water partition coefficient (Wildman–Crippen LogP) is 4.60. The molecule has 2 aromatic heterocycles. The van der Waals surface area contributed by atoms with Crippen LogP contribution in [0.4, 0.5) is 5.69 Å². The first-order valence-electron chi connectivity index (χ1n) is 11.1. The highest BCUT2D eigenvalue weighted by Gasteiger charge is 2.34. The monoisotopic (exact) mass is 502 g/mol. The first-order chi connectivity index (χ1) is 16.5. The van der Waals surface area contributed by atoms with Gasteiger partial charge in [0, 0.05) is 30.1 Å². The topological polar surface area (TPSA) is 123 Å². The van der Waals surface area contributed by atoms with Crippen LogP contribution in [0, 0.1) is 0 Å². The van der Waals surface area contributed by atoms with Gasteiger partial charge in [-0.2, -0.15) is 0 Å². The van der Waals surface area contributed by atoms with E-state index in [1.54, 1.807) is 24.5 Å². The van der Waals surface area contributed by atoms with Crippen molar-refractivity contribution >= 4 is 34.7 Å². The van der Waals surface area contributed by atoms with Crippen LogP contribution in [0.15, 0.2) is 40.3 Å². The van der Waals surface area contributed by atoms with Gasteiger partial charge in [0.05, 0.1) is 40.8 Å². The maximum atomic E-state index is 8.75. The van der Waals surface area contributed by atoms with Crippen molar-refractivity contribution in [2.75, 3.05) is 18.0 Å². The van der Waals surface area contributed by atoms with Gasteiger partial charge in [-0.1, -0.05) is 39.6 Å². The van der Waals surface area contributed by atoms with Crippen LogP contribution in [-0.4, -0.2) is 45.4 Å². The minimum atomic E-state index is -0.115. The van der Waals surface area contributed by atoms with Crippen LogP contribution in [0.25, 0.3) is 11.3 Å². The van der Waals surface area contributed by atoms with E-state index >= 15 is 0 Å². The third kappa shape index (κ3) is 4.68. The van der Waals surface area contributed by atoms with Gasteiger partial charge in [0.2, 0.25) is 5.84 Å². The van der Waals surface area contributed by atoms with Gasteiger partial charge in [-0.15, -0.1) is 0 Å². The number of halogens is 2. The van der Waals surface area contributed by atoms with Crippen molar-refractivity contribution in [2.45, 2.75) is 44.3 Å². The molecule has 11 heteroatoms. The zero-order valence-electron chi connectivity index (χ0n) is 18.3. The summed E-state index contributed by atoms with van der Waals surface area (Å²) in [7, 11) is 0. The number of rotatable bonds is 7. The van der Waals surface area contributed by atoms with Gasteiger partial charge in [-0.05, 0) is 37.8 Å². The Balaban J connectivity index is 1.25. The Kier molecular flexibility index (Phi) is 6.58. The third-order valence-electron chi connectivity index (χ3n) is 6.21. The van der Waals surface area contributed by atoms with Gasteiger partial charge < -0.3 is 25.1 Å². The Labute approximate surface area is 206 Å². The highest BCUT2D eigenvalue weighted by atomic mass is 35.5. The van der Waals surface area contributed by atoms with Crippen LogP contribution in [0.1, 0.15) is 48.7 Å². The number of ether oxygens (including phenoxy) is 1. The minimum Gasteiger partial charge on any atom is -0.409 e. The van der Waals surface area contributed by atoms with E-state index in [-0.39, 0.29) is 17.8 Å². The van der Waals surface area contributed by atoms with Crippen molar-refractivity contribution in [1.82, 2.24) is 15.1 Å². The summed E-state index contributed by atoms with van der Waals surface area (Å²) < 4.78 is 12.1. The van der Waals surface area contributed by atoms with Crippen LogP contribution >= 0.6 is 23.2 Å². The SMILES string of the molecule is N/C(=N\O)c1ncc(N2CCC(OCc3c(-c4c(Cl)cccc4Cl)noc3C3CC3)CC2)cn1. The van der Waals surface area contributed by atoms with E-state index in [2.05, 4.69) is 25.2 Å². The Morgan fingerprint density at radius 3 is 2.44 bits per heavy atom. The highest BCUT2D eigenvalue weighted by molar-refractivity contribution is 6.39. The molecule has 3 heterocycles. The molecule has 0 atom stereocenters. The van der Waals surface area contributed by atoms with Gasteiger partial charge in [-0.3, -0.25) is 0 Å². The second-order valence-electron chi connectivity index (χ2n) is 8.49. The summed E-state index contributed by atoms with van der Waals surface area (Å²) >= 11 is 12.9. The van der Waals surface area contributed by atoms with E-state index in [0.29, 0.717) is 33.8 Å². The van der Waals surface area contributed by atoms with Crippen molar-refractivity contribution in [2.24, 2.45) is 10.9 Å². The number of oxime groups is 1. The number of amidine groups is 1. The third-order valence-corrected chi connectivity index (χ3v) is 6.84. The van der Waals surface area contributed by atoms with E-state index in [9.17, 15) is 0 Å². The van der Waals surface area contributed by atoms with Crippen LogP contribution in [0.5, 0.6) is 0 Å². The van der Waals surface area contributed by atoms with Crippen LogP contribution in [-0.2, 0) is 11.3 Å². The van der Waals surface area contributed by atoms with E-state index in [4.69, 9.17) is 43.4 Å². The Bertz CT molecular complexity index is 1170. The van der Waals surface area contributed by atoms with E-state index in [0.717, 1.165) is 55.8 Å². The average molecular weight is 503 g/mol. The van der Waals surface area contributed by atoms with Gasteiger partial charge in [0.15, 0.2) is 5.82 Å². The number of anilines is 1. The lowest BCUT2D eigenvalue weighted by Crippen LogP contribution is -2.37. The summed E-state index contributed by atoms with van der Waals surface area (Å²) in [6.07, 6.45) is 7.35. The average Bonchev–Trinajstić information content (AvgIpc) is 3.63. The first-order valence-corrected chi connectivity index (χ1v) is 11.9. The molecule has 0 spiro atoms. The molecule has 0 amide bonds. The molecule has 0 bridgehead atoms. The molecule has 3 N–H and O–H groups in total. The molecular weight excluding hydrogens is 479 g/mol. The fourth-order valence-electron chi connectivity index (χ4n) is 4.19. The summed E-state index contributed by atoms with van der Waals surface area (Å²) in [5, 5.41) is 17.1. The molecule has 5 rings (SSSR count). The smallest absolute Gasteiger partial charge is 0.207 e. The molecule has 0 radical (unpaired) electrons. The number of hydrogen-bond acceptors (Lipinski definition) is 8. The number of nitrogens with zero attached hydrogens (tertiary/aromatic N) is 5. The normalized spacial score (nSPS) is 17.4. The minimum absolute atomic E-state index is 0.102. The quantitative estimate of drug-likeness (QED) is 0.208. The highest BCUT2D eigenvalue weighted by Crippen LogP contribution is 2.46. The molecule has 1 aliphatic heterocycles.